The number of carbonyl (C=O) groups is 2. The van der Waals surface area contributed by atoms with Crippen molar-refractivity contribution >= 4 is 27.5 Å². The molecule has 33 heavy (non-hydrogen) atoms. The molecule has 0 aromatic heterocycles. The molecule has 2 aliphatic rings. The normalized spacial score (nSPS) is 20.2. The molecule has 0 saturated heterocycles. The third kappa shape index (κ3) is 4.88. The van der Waals surface area contributed by atoms with E-state index >= 15 is 0 Å². The summed E-state index contributed by atoms with van der Waals surface area (Å²) in [5.41, 5.74) is 10.2. The number of rotatable bonds is 6. The summed E-state index contributed by atoms with van der Waals surface area (Å²) in [7, 11) is -3.99. The molecule has 2 aromatic carbocycles. The Morgan fingerprint density at radius 2 is 1.97 bits per heavy atom. The number of aryl methyl sites for hydroxylation is 1. The molecule has 1 heterocycles. The lowest BCUT2D eigenvalue weighted by Crippen LogP contribution is -2.51. The lowest BCUT2D eigenvalue weighted by Gasteiger charge is -2.31. The summed E-state index contributed by atoms with van der Waals surface area (Å²) in [5, 5.41) is 5.39. The minimum atomic E-state index is -3.99. The summed E-state index contributed by atoms with van der Waals surface area (Å²) in [4.78, 5) is 25.3. The lowest BCUT2D eigenvalue weighted by atomic mass is 9.83. The van der Waals surface area contributed by atoms with E-state index in [-0.39, 0.29) is 23.1 Å². The molecule has 1 aliphatic heterocycles. The van der Waals surface area contributed by atoms with Crippen LogP contribution < -0.4 is 16.4 Å². The van der Waals surface area contributed by atoms with Crippen molar-refractivity contribution in [3.8, 4) is 0 Å². The number of nitrogens with one attached hydrogen (secondary N) is 2. The third-order valence-corrected chi connectivity index (χ3v) is 8.04. The van der Waals surface area contributed by atoms with Gasteiger partial charge >= 0.3 is 0 Å². The SMILES string of the molecule is Cc1ccc(S(=O)(=O)N2C=CNC(=O)C2CC(=O)NCC2CCc3c(N)cccc3C2)cc1. The number of carbonyl (C=O) groups excluding carboxylic acids is 2. The van der Waals surface area contributed by atoms with Gasteiger partial charge in [-0.1, -0.05) is 29.8 Å². The smallest absolute Gasteiger partial charge is 0.264 e. The van der Waals surface area contributed by atoms with Crippen LogP contribution in [0.15, 0.2) is 59.8 Å². The fourth-order valence-electron chi connectivity index (χ4n) is 4.36. The number of amides is 2. The van der Waals surface area contributed by atoms with Gasteiger partial charge in [0.15, 0.2) is 0 Å². The van der Waals surface area contributed by atoms with Crippen LogP contribution >= 0.6 is 0 Å². The van der Waals surface area contributed by atoms with Gasteiger partial charge in [-0.15, -0.1) is 0 Å². The summed E-state index contributed by atoms with van der Waals surface area (Å²) in [6.45, 7) is 2.32. The van der Waals surface area contributed by atoms with Crippen LogP contribution in [0.5, 0.6) is 0 Å². The third-order valence-electron chi connectivity index (χ3n) is 6.24. The summed E-state index contributed by atoms with van der Waals surface area (Å²) >= 11 is 0. The molecule has 4 rings (SSSR count). The minimum absolute atomic E-state index is 0.0676. The van der Waals surface area contributed by atoms with Gasteiger partial charge in [0.05, 0.1) is 11.3 Å². The van der Waals surface area contributed by atoms with Crippen molar-refractivity contribution < 1.29 is 18.0 Å². The molecule has 0 saturated carbocycles. The molecule has 0 fully saturated rings. The number of hydrogen-bond acceptors (Lipinski definition) is 5. The quantitative estimate of drug-likeness (QED) is 0.559. The van der Waals surface area contributed by atoms with E-state index in [4.69, 9.17) is 5.73 Å². The van der Waals surface area contributed by atoms with E-state index in [0.29, 0.717) is 6.54 Å². The van der Waals surface area contributed by atoms with E-state index in [1.165, 1.54) is 35.7 Å². The minimum Gasteiger partial charge on any atom is -0.398 e. The number of nitrogens with zero attached hydrogens (tertiary/aromatic N) is 1. The molecule has 0 spiro atoms. The largest absolute Gasteiger partial charge is 0.398 e. The van der Waals surface area contributed by atoms with Crippen molar-refractivity contribution in [2.45, 2.75) is 43.5 Å². The average molecular weight is 469 g/mol. The highest BCUT2D eigenvalue weighted by Gasteiger charge is 2.37. The maximum absolute atomic E-state index is 13.1. The van der Waals surface area contributed by atoms with Crippen molar-refractivity contribution in [3.05, 3.63) is 71.6 Å². The summed E-state index contributed by atoms with van der Waals surface area (Å²) in [5.74, 6) is -0.644. The van der Waals surface area contributed by atoms with Crippen molar-refractivity contribution in [1.29, 1.82) is 0 Å². The van der Waals surface area contributed by atoms with E-state index in [1.807, 2.05) is 19.1 Å². The summed E-state index contributed by atoms with van der Waals surface area (Å²) in [6, 6.07) is 11.1. The Bertz CT molecular complexity index is 1190. The molecular weight excluding hydrogens is 440 g/mol. The fourth-order valence-corrected chi connectivity index (χ4v) is 5.81. The fraction of sp³-hybridized carbons (Fsp3) is 0.333. The van der Waals surface area contributed by atoms with Gasteiger partial charge in [-0.25, -0.2) is 8.42 Å². The number of fused-ring (bicyclic) bond motifs is 1. The van der Waals surface area contributed by atoms with Crippen LogP contribution in [-0.4, -0.2) is 37.1 Å². The first-order valence-electron chi connectivity index (χ1n) is 11.0. The molecule has 1 aliphatic carbocycles. The molecule has 2 aromatic rings. The number of nitrogen functional groups attached to an aromatic ring is 1. The highest BCUT2D eigenvalue weighted by atomic mass is 32.2. The molecule has 2 amide bonds. The van der Waals surface area contributed by atoms with Crippen molar-refractivity contribution in [1.82, 2.24) is 14.9 Å². The Morgan fingerprint density at radius 3 is 2.73 bits per heavy atom. The molecule has 174 valence electrons. The van der Waals surface area contributed by atoms with Crippen LogP contribution in [0, 0.1) is 12.8 Å². The Kier molecular flexibility index (Phi) is 6.42. The lowest BCUT2D eigenvalue weighted by molar-refractivity contribution is -0.129. The van der Waals surface area contributed by atoms with E-state index < -0.39 is 22.0 Å². The highest BCUT2D eigenvalue weighted by molar-refractivity contribution is 7.89. The molecular formula is C24H28N4O4S. The standard InChI is InChI=1S/C24H28N4O4S/c1-16-5-8-19(9-6-16)33(31,32)28-12-11-26-24(30)22(28)14-23(29)27-15-17-7-10-20-18(13-17)3-2-4-21(20)25/h2-6,8-9,11-12,17,22H,7,10,13-15,25H2,1H3,(H,26,30)(H,27,29). The van der Waals surface area contributed by atoms with Crippen LogP contribution in [0.3, 0.4) is 0 Å². The molecule has 2 unspecified atom stereocenters. The van der Waals surface area contributed by atoms with E-state index in [9.17, 15) is 18.0 Å². The van der Waals surface area contributed by atoms with E-state index in [0.717, 1.165) is 34.8 Å². The number of nitrogens with two attached hydrogens (primary N) is 1. The summed E-state index contributed by atoms with van der Waals surface area (Å²) < 4.78 is 27.2. The Hall–Kier alpha value is -3.33. The first kappa shape index (κ1) is 22.8. The van der Waals surface area contributed by atoms with Gasteiger partial charge in [-0.3, -0.25) is 13.9 Å². The van der Waals surface area contributed by atoms with Gasteiger partial charge in [0.1, 0.15) is 6.04 Å². The average Bonchev–Trinajstić information content (AvgIpc) is 2.79. The van der Waals surface area contributed by atoms with Gasteiger partial charge in [0.25, 0.3) is 10.0 Å². The van der Waals surface area contributed by atoms with Crippen molar-refractivity contribution in [3.63, 3.8) is 0 Å². The van der Waals surface area contributed by atoms with E-state index in [1.54, 1.807) is 12.1 Å². The first-order chi connectivity index (χ1) is 15.8. The molecule has 0 radical (unpaired) electrons. The van der Waals surface area contributed by atoms with Crippen LogP contribution in [-0.2, 0) is 32.5 Å². The maximum atomic E-state index is 13.1. The second kappa shape index (κ2) is 9.27. The number of hydrogen-bond donors (Lipinski definition) is 3. The molecule has 9 heteroatoms. The van der Waals surface area contributed by atoms with E-state index in [2.05, 4.69) is 16.7 Å². The molecule has 4 N–H and O–H groups in total. The maximum Gasteiger partial charge on any atom is 0.264 e. The number of benzene rings is 2. The van der Waals surface area contributed by atoms with Crippen LogP contribution in [0.2, 0.25) is 0 Å². The van der Waals surface area contributed by atoms with Crippen molar-refractivity contribution in [2.24, 2.45) is 5.92 Å². The van der Waals surface area contributed by atoms with Gasteiger partial charge in [-0.2, -0.15) is 0 Å². The van der Waals surface area contributed by atoms with Gasteiger partial charge in [-0.05, 0) is 61.4 Å². The predicted octanol–water partition coefficient (Wildman–Crippen LogP) is 1.85. The Balaban J connectivity index is 1.41. The van der Waals surface area contributed by atoms with Crippen LogP contribution in [0.1, 0.15) is 29.5 Å². The number of anilines is 1. The van der Waals surface area contributed by atoms with Gasteiger partial charge < -0.3 is 16.4 Å². The van der Waals surface area contributed by atoms with Crippen LogP contribution in [0.4, 0.5) is 5.69 Å². The molecule has 8 nitrogen and oxygen atoms in total. The van der Waals surface area contributed by atoms with Gasteiger partial charge in [0, 0.05) is 24.6 Å². The molecule has 0 bridgehead atoms. The number of sulfonamides is 1. The zero-order chi connectivity index (χ0) is 23.6. The first-order valence-corrected chi connectivity index (χ1v) is 12.4. The summed E-state index contributed by atoms with van der Waals surface area (Å²) in [6.07, 6.45) is 4.88. The second-order valence-corrected chi connectivity index (χ2v) is 10.4. The zero-order valence-electron chi connectivity index (χ0n) is 18.5. The van der Waals surface area contributed by atoms with Crippen molar-refractivity contribution in [2.75, 3.05) is 12.3 Å². The topological polar surface area (TPSA) is 122 Å². The van der Waals surface area contributed by atoms with Crippen LogP contribution in [0.25, 0.3) is 0 Å². The highest BCUT2D eigenvalue weighted by Crippen LogP contribution is 2.29. The zero-order valence-corrected chi connectivity index (χ0v) is 19.3. The Morgan fingerprint density at radius 1 is 1.21 bits per heavy atom. The molecule has 2 atom stereocenters. The monoisotopic (exact) mass is 468 g/mol. The Labute approximate surface area is 193 Å². The van der Waals surface area contributed by atoms with Gasteiger partial charge in [0.2, 0.25) is 11.8 Å². The predicted molar refractivity (Wildman–Crippen MR) is 125 cm³/mol. The second-order valence-electron chi connectivity index (χ2n) is 8.59.